The van der Waals surface area contributed by atoms with E-state index >= 15 is 0 Å². The molecule has 0 heterocycles. The lowest BCUT2D eigenvalue weighted by Crippen LogP contribution is -2.24. The first-order valence-electron chi connectivity index (χ1n) is 9.48. The monoisotopic (exact) mass is 380 g/mol. The lowest BCUT2D eigenvalue weighted by molar-refractivity contribution is -0.120. The Morgan fingerprint density at radius 2 is 1.82 bits per heavy atom. The summed E-state index contributed by atoms with van der Waals surface area (Å²) in [5.74, 6) is 1.41. The van der Waals surface area contributed by atoms with Crippen molar-refractivity contribution in [2.45, 2.75) is 39.0 Å². The predicted molar refractivity (Wildman–Crippen MR) is 110 cm³/mol. The van der Waals surface area contributed by atoms with Gasteiger partial charge in [-0.25, -0.2) is 0 Å². The number of ether oxygens (including phenoxy) is 2. The molecular weight excluding hydrogens is 352 g/mol. The van der Waals surface area contributed by atoms with Crippen LogP contribution in [0.25, 0.3) is 0 Å². The lowest BCUT2D eigenvalue weighted by Gasteiger charge is -2.22. The van der Waals surface area contributed by atoms with Crippen LogP contribution in [0.5, 0.6) is 11.5 Å². The zero-order chi connectivity index (χ0) is 20.4. The van der Waals surface area contributed by atoms with Gasteiger partial charge in [-0.2, -0.15) is 5.26 Å². The summed E-state index contributed by atoms with van der Waals surface area (Å²) in [6.07, 6.45) is 0.575. The summed E-state index contributed by atoms with van der Waals surface area (Å²) in [6, 6.07) is 17.7. The van der Waals surface area contributed by atoms with Gasteiger partial charge in [-0.1, -0.05) is 51.1 Å². The van der Waals surface area contributed by atoms with E-state index in [2.05, 4.69) is 32.2 Å². The fraction of sp³-hybridized carbons (Fsp3) is 0.391. The minimum Gasteiger partial charge on any atom is -0.490 e. The van der Waals surface area contributed by atoms with Crippen molar-refractivity contribution in [1.82, 2.24) is 5.32 Å². The highest BCUT2D eigenvalue weighted by atomic mass is 16.5. The van der Waals surface area contributed by atoms with Gasteiger partial charge >= 0.3 is 0 Å². The van der Waals surface area contributed by atoms with E-state index in [1.165, 1.54) is 5.56 Å². The molecular formula is C23H28N2O3. The van der Waals surface area contributed by atoms with Gasteiger partial charge in [0.2, 0.25) is 5.91 Å². The standard InChI is InChI=1S/C23H28N2O3/c1-23(2,3)20-9-4-5-10-21(20)28-16-15-27-19-8-6-7-18(17-19)12-14-25-22(26)11-13-24/h4-10,17H,11-12,14-16H2,1-3H3,(H,25,26). The maximum Gasteiger partial charge on any atom is 0.234 e. The minimum atomic E-state index is -0.248. The first-order valence-corrected chi connectivity index (χ1v) is 9.48. The van der Waals surface area contributed by atoms with Gasteiger partial charge in [0.05, 0.1) is 6.07 Å². The molecule has 0 aromatic heterocycles. The van der Waals surface area contributed by atoms with E-state index < -0.39 is 0 Å². The van der Waals surface area contributed by atoms with E-state index in [-0.39, 0.29) is 17.7 Å². The summed E-state index contributed by atoms with van der Waals surface area (Å²) in [7, 11) is 0. The molecule has 0 saturated carbocycles. The normalized spacial score (nSPS) is 10.8. The van der Waals surface area contributed by atoms with Crippen molar-refractivity contribution in [1.29, 1.82) is 5.26 Å². The summed E-state index contributed by atoms with van der Waals surface area (Å²) in [5.41, 5.74) is 2.26. The number of hydrogen-bond acceptors (Lipinski definition) is 4. The van der Waals surface area contributed by atoms with Crippen molar-refractivity contribution < 1.29 is 14.3 Å². The minimum absolute atomic E-state index is 0.0223. The molecule has 0 unspecified atom stereocenters. The van der Waals surface area contributed by atoms with Gasteiger partial charge in [-0.15, -0.1) is 0 Å². The third-order valence-electron chi connectivity index (χ3n) is 4.18. The van der Waals surface area contributed by atoms with Crippen molar-refractivity contribution in [3.63, 3.8) is 0 Å². The largest absolute Gasteiger partial charge is 0.490 e. The third-order valence-corrected chi connectivity index (χ3v) is 4.18. The quantitative estimate of drug-likeness (QED) is 0.667. The van der Waals surface area contributed by atoms with E-state index in [9.17, 15) is 4.79 Å². The molecule has 28 heavy (non-hydrogen) atoms. The van der Waals surface area contributed by atoms with Crippen molar-refractivity contribution in [2.75, 3.05) is 19.8 Å². The van der Waals surface area contributed by atoms with E-state index in [0.717, 1.165) is 17.1 Å². The molecule has 0 bridgehead atoms. The second-order valence-corrected chi connectivity index (χ2v) is 7.53. The van der Waals surface area contributed by atoms with Crippen LogP contribution in [0.2, 0.25) is 0 Å². The molecule has 0 radical (unpaired) electrons. The smallest absolute Gasteiger partial charge is 0.234 e. The van der Waals surface area contributed by atoms with E-state index in [1.54, 1.807) is 0 Å². The van der Waals surface area contributed by atoms with E-state index in [1.807, 2.05) is 48.5 Å². The maximum absolute atomic E-state index is 11.3. The second kappa shape index (κ2) is 10.4. The summed E-state index contributed by atoms with van der Waals surface area (Å²) < 4.78 is 11.7. The van der Waals surface area contributed by atoms with Crippen LogP contribution >= 0.6 is 0 Å². The van der Waals surface area contributed by atoms with Gasteiger partial charge in [-0.3, -0.25) is 4.79 Å². The predicted octanol–water partition coefficient (Wildman–Crippen LogP) is 4.01. The van der Waals surface area contributed by atoms with Crippen LogP contribution in [0, 0.1) is 11.3 Å². The van der Waals surface area contributed by atoms with Crippen LogP contribution in [0.15, 0.2) is 48.5 Å². The number of para-hydroxylation sites is 1. The third kappa shape index (κ3) is 6.96. The Kier molecular flexibility index (Phi) is 7.88. The van der Waals surface area contributed by atoms with Crippen LogP contribution in [-0.4, -0.2) is 25.7 Å². The summed E-state index contributed by atoms with van der Waals surface area (Å²) in [5, 5.41) is 11.2. The summed E-state index contributed by atoms with van der Waals surface area (Å²) in [4.78, 5) is 11.3. The Labute approximate surface area is 167 Å². The van der Waals surface area contributed by atoms with Crippen LogP contribution < -0.4 is 14.8 Å². The molecule has 0 saturated heterocycles. The molecule has 0 aliphatic rings. The molecule has 0 fully saturated rings. The fourth-order valence-electron chi connectivity index (χ4n) is 2.79. The number of nitrogens with zero attached hydrogens (tertiary/aromatic N) is 1. The summed E-state index contributed by atoms with van der Waals surface area (Å²) in [6.45, 7) is 7.90. The number of hydrogen-bond donors (Lipinski definition) is 1. The first-order chi connectivity index (χ1) is 13.4. The highest BCUT2D eigenvalue weighted by Crippen LogP contribution is 2.30. The van der Waals surface area contributed by atoms with Crippen molar-refractivity contribution >= 4 is 5.91 Å². The average Bonchev–Trinajstić information content (AvgIpc) is 2.65. The van der Waals surface area contributed by atoms with Gasteiger partial charge in [0.15, 0.2) is 0 Å². The van der Waals surface area contributed by atoms with Crippen molar-refractivity contribution in [2.24, 2.45) is 0 Å². The van der Waals surface area contributed by atoms with Gasteiger partial charge in [0.1, 0.15) is 31.1 Å². The zero-order valence-electron chi connectivity index (χ0n) is 16.8. The van der Waals surface area contributed by atoms with Crippen molar-refractivity contribution in [3.8, 4) is 17.6 Å². The fourth-order valence-corrected chi connectivity index (χ4v) is 2.79. The number of rotatable bonds is 9. The summed E-state index contributed by atoms with van der Waals surface area (Å²) >= 11 is 0. The topological polar surface area (TPSA) is 71.3 Å². The molecule has 2 aromatic rings. The number of nitrogens with one attached hydrogen (secondary N) is 1. The van der Waals surface area contributed by atoms with Gasteiger partial charge in [0, 0.05) is 6.54 Å². The molecule has 5 heteroatoms. The maximum atomic E-state index is 11.3. The molecule has 5 nitrogen and oxygen atoms in total. The van der Waals surface area contributed by atoms with E-state index in [0.29, 0.717) is 26.2 Å². The molecule has 2 aromatic carbocycles. The zero-order valence-corrected chi connectivity index (χ0v) is 16.8. The average molecular weight is 380 g/mol. The number of benzene rings is 2. The molecule has 0 aliphatic carbocycles. The first kappa shape index (κ1) is 21.3. The van der Waals surface area contributed by atoms with E-state index in [4.69, 9.17) is 14.7 Å². The number of carbonyl (C=O) groups excluding carboxylic acids is 1. The number of nitriles is 1. The molecule has 2 rings (SSSR count). The van der Waals surface area contributed by atoms with Crippen LogP contribution in [-0.2, 0) is 16.6 Å². The molecule has 148 valence electrons. The van der Waals surface area contributed by atoms with Gasteiger partial charge < -0.3 is 14.8 Å². The lowest BCUT2D eigenvalue weighted by atomic mass is 9.86. The Hall–Kier alpha value is -3.00. The Balaban J connectivity index is 1.80. The van der Waals surface area contributed by atoms with Crippen molar-refractivity contribution in [3.05, 3.63) is 59.7 Å². The highest BCUT2D eigenvalue weighted by molar-refractivity contribution is 5.77. The molecule has 0 aliphatic heterocycles. The molecule has 1 N–H and O–H groups in total. The Morgan fingerprint density at radius 3 is 2.57 bits per heavy atom. The van der Waals surface area contributed by atoms with Gasteiger partial charge in [-0.05, 0) is 41.2 Å². The molecule has 1 amide bonds. The molecule has 0 spiro atoms. The second-order valence-electron chi connectivity index (χ2n) is 7.53. The van der Waals surface area contributed by atoms with Gasteiger partial charge in [0.25, 0.3) is 0 Å². The molecule has 0 atom stereocenters. The number of carbonyl (C=O) groups is 1. The van der Waals surface area contributed by atoms with Crippen LogP contribution in [0.3, 0.4) is 0 Å². The Morgan fingerprint density at radius 1 is 1.07 bits per heavy atom. The SMILES string of the molecule is CC(C)(C)c1ccccc1OCCOc1cccc(CCNC(=O)CC#N)c1. The Bertz CT molecular complexity index is 819. The van der Waals surface area contributed by atoms with Crippen LogP contribution in [0.4, 0.5) is 0 Å². The number of amides is 1. The van der Waals surface area contributed by atoms with Crippen LogP contribution in [0.1, 0.15) is 38.3 Å². The highest BCUT2D eigenvalue weighted by Gasteiger charge is 2.18.